The van der Waals surface area contributed by atoms with Crippen LogP contribution in [0.2, 0.25) is 0 Å². The Morgan fingerprint density at radius 2 is 1.62 bits per heavy atom. The molecule has 0 radical (unpaired) electrons. The fourth-order valence-electron chi connectivity index (χ4n) is 1.23. The van der Waals surface area contributed by atoms with Gasteiger partial charge in [0.25, 0.3) is 0 Å². The second kappa shape index (κ2) is 10.0. The maximum atomic E-state index is 8.93. The molecule has 3 N–H and O–H groups in total. The Hall–Kier alpha value is -0.160. The molecule has 0 rings (SSSR count). The van der Waals surface area contributed by atoms with Crippen LogP contribution in [0.4, 0.5) is 0 Å². The molecule has 0 fully saturated rings. The molecule has 0 aliphatic heterocycles. The van der Waals surface area contributed by atoms with E-state index in [-0.39, 0.29) is 6.61 Å². The van der Waals surface area contributed by atoms with Crippen molar-refractivity contribution in [1.29, 1.82) is 0 Å². The predicted molar refractivity (Wildman–Crippen MR) is 65.5 cm³/mol. The van der Waals surface area contributed by atoms with Gasteiger partial charge in [0.2, 0.25) is 0 Å². The lowest BCUT2D eigenvalue weighted by atomic mass is 9.99. The smallest absolute Gasteiger partial charge is 0.0700 e. The third-order valence-electron chi connectivity index (χ3n) is 2.41. The summed E-state index contributed by atoms with van der Waals surface area (Å²) in [6, 6.07) is 0. The van der Waals surface area contributed by atoms with Crippen molar-refractivity contribution in [2.24, 2.45) is 5.73 Å². The molecule has 1 unspecified atom stereocenters. The summed E-state index contributed by atoms with van der Waals surface area (Å²) in [5.41, 5.74) is 5.31. The molecule has 0 aromatic carbocycles. The Morgan fingerprint density at radius 1 is 1.06 bits per heavy atom. The maximum Gasteiger partial charge on any atom is 0.0700 e. The van der Waals surface area contributed by atoms with Crippen molar-refractivity contribution >= 4 is 0 Å². The maximum absolute atomic E-state index is 8.93. The first-order valence-electron chi connectivity index (χ1n) is 6.17. The van der Waals surface area contributed by atoms with Gasteiger partial charge in [-0.25, -0.2) is 0 Å². The number of ether oxygens (including phenoxy) is 2. The van der Waals surface area contributed by atoms with Crippen LogP contribution in [0.5, 0.6) is 0 Å². The first-order valence-corrected chi connectivity index (χ1v) is 6.17. The Morgan fingerprint density at radius 3 is 2.12 bits per heavy atom. The lowest BCUT2D eigenvalue weighted by Gasteiger charge is -2.21. The first kappa shape index (κ1) is 15.8. The average Bonchev–Trinajstić information content (AvgIpc) is 2.27. The number of rotatable bonds is 11. The summed E-state index contributed by atoms with van der Waals surface area (Å²) in [5.74, 6) is 0. The van der Waals surface area contributed by atoms with E-state index in [0.717, 1.165) is 32.3 Å². The minimum absolute atomic E-state index is 0.0210. The van der Waals surface area contributed by atoms with Crippen LogP contribution in [0, 0.1) is 0 Å². The van der Waals surface area contributed by atoms with E-state index in [9.17, 15) is 0 Å². The van der Waals surface area contributed by atoms with E-state index in [1.165, 1.54) is 0 Å². The molecule has 4 heteroatoms. The predicted octanol–water partition coefficient (Wildman–Crippen LogP) is 1.31. The van der Waals surface area contributed by atoms with Crippen molar-refractivity contribution in [3.63, 3.8) is 0 Å². The second-order valence-corrected chi connectivity index (χ2v) is 4.49. The van der Waals surface area contributed by atoms with Gasteiger partial charge in [0.1, 0.15) is 0 Å². The molecule has 0 heterocycles. The molecule has 0 aromatic rings. The number of unbranched alkanes of at least 4 members (excludes halogenated alkanes) is 1. The summed E-state index contributed by atoms with van der Waals surface area (Å²) in [4.78, 5) is 0. The highest BCUT2D eigenvalue weighted by atomic mass is 16.5. The minimum atomic E-state index is -0.471. The zero-order valence-electron chi connectivity index (χ0n) is 10.7. The second-order valence-electron chi connectivity index (χ2n) is 4.49. The van der Waals surface area contributed by atoms with Crippen molar-refractivity contribution in [2.45, 2.75) is 45.1 Å². The zero-order chi connectivity index (χ0) is 12.3. The van der Waals surface area contributed by atoms with Crippen LogP contribution in [0.15, 0.2) is 0 Å². The number of hydrogen-bond donors (Lipinski definition) is 2. The monoisotopic (exact) mass is 233 g/mol. The zero-order valence-corrected chi connectivity index (χ0v) is 10.7. The van der Waals surface area contributed by atoms with Gasteiger partial charge in [-0.3, -0.25) is 0 Å². The fraction of sp³-hybridized carbons (Fsp3) is 1.00. The number of nitrogens with two attached hydrogens (primary N) is 1. The van der Waals surface area contributed by atoms with E-state index in [1.807, 2.05) is 6.92 Å². The SMILES string of the molecule is CCCCOCCOCCCC(C)(N)CO. The Labute approximate surface area is 99.1 Å². The summed E-state index contributed by atoms with van der Waals surface area (Å²) in [5, 5.41) is 8.93. The van der Waals surface area contributed by atoms with Crippen molar-refractivity contribution in [2.75, 3.05) is 33.0 Å². The van der Waals surface area contributed by atoms with Crippen LogP contribution in [0.3, 0.4) is 0 Å². The van der Waals surface area contributed by atoms with Gasteiger partial charge >= 0.3 is 0 Å². The largest absolute Gasteiger partial charge is 0.394 e. The van der Waals surface area contributed by atoms with E-state index < -0.39 is 5.54 Å². The van der Waals surface area contributed by atoms with Crippen molar-refractivity contribution in [3.05, 3.63) is 0 Å². The molecule has 4 nitrogen and oxygen atoms in total. The molecule has 0 aliphatic carbocycles. The van der Waals surface area contributed by atoms with Crippen LogP contribution in [-0.2, 0) is 9.47 Å². The molecule has 0 aliphatic rings. The van der Waals surface area contributed by atoms with Crippen LogP contribution in [0.25, 0.3) is 0 Å². The highest BCUT2D eigenvalue weighted by Crippen LogP contribution is 2.07. The topological polar surface area (TPSA) is 64.7 Å². The third-order valence-corrected chi connectivity index (χ3v) is 2.41. The standard InChI is InChI=1S/C12H27NO3/c1-3-4-7-15-9-10-16-8-5-6-12(2,13)11-14/h14H,3-11,13H2,1-2H3. The Bertz CT molecular complexity index is 151. The van der Waals surface area contributed by atoms with Crippen LogP contribution >= 0.6 is 0 Å². The van der Waals surface area contributed by atoms with Gasteiger partial charge in [0, 0.05) is 18.8 Å². The van der Waals surface area contributed by atoms with E-state index in [0.29, 0.717) is 19.8 Å². The van der Waals surface area contributed by atoms with E-state index in [4.69, 9.17) is 20.3 Å². The van der Waals surface area contributed by atoms with Crippen molar-refractivity contribution < 1.29 is 14.6 Å². The molecule has 0 saturated carbocycles. The molecule has 98 valence electrons. The van der Waals surface area contributed by atoms with Crippen molar-refractivity contribution in [1.82, 2.24) is 0 Å². The lowest BCUT2D eigenvalue weighted by Crippen LogP contribution is -2.40. The summed E-state index contributed by atoms with van der Waals surface area (Å²) in [6.45, 7) is 6.83. The number of hydrogen-bond acceptors (Lipinski definition) is 4. The summed E-state index contributed by atoms with van der Waals surface area (Å²) >= 11 is 0. The fourth-order valence-corrected chi connectivity index (χ4v) is 1.23. The summed E-state index contributed by atoms with van der Waals surface area (Å²) < 4.78 is 10.7. The van der Waals surface area contributed by atoms with E-state index in [1.54, 1.807) is 0 Å². The van der Waals surface area contributed by atoms with Gasteiger partial charge in [-0.2, -0.15) is 0 Å². The van der Waals surface area contributed by atoms with Gasteiger partial charge in [0.15, 0.2) is 0 Å². The van der Waals surface area contributed by atoms with Crippen LogP contribution in [-0.4, -0.2) is 43.7 Å². The van der Waals surface area contributed by atoms with Crippen molar-refractivity contribution in [3.8, 4) is 0 Å². The third kappa shape index (κ3) is 10.4. The van der Waals surface area contributed by atoms with Gasteiger partial charge in [-0.05, 0) is 26.2 Å². The summed E-state index contributed by atoms with van der Waals surface area (Å²) in [7, 11) is 0. The van der Waals surface area contributed by atoms with Gasteiger partial charge in [-0.15, -0.1) is 0 Å². The average molecular weight is 233 g/mol. The summed E-state index contributed by atoms with van der Waals surface area (Å²) in [6.07, 6.45) is 3.93. The molecule has 0 amide bonds. The molecule has 0 aromatic heterocycles. The van der Waals surface area contributed by atoms with Gasteiger partial charge in [0.05, 0.1) is 19.8 Å². The quantitative estimate of drug-likeness (QED) is 0.528. The highest BCUT2D eigenvalue weighted by Gasteiger charge is 2.15. The lowest BCUT2D eigenvalue weighted by molar-refractivity contribution is 0.0431. The molecule has 1 atom stereocenters. The van der Waals surface area contributed by atoms with Gasteiger partial charge < -0.3 is 20.3 Å². The Kier molecular flexibility index (Phi) is 9.92. The molecule has 16 heavy (non-hydrogen) atoms. The van der Waals surface area contributed by atoms with Gasteiger partial charge in [-0.1, -0.05) is 13.3 Å². The molecular formula is C12H27NO3. The highest BCUT2D eigenvalue weighted by molar-refractivity contribution is 4.76. The van der Waals surface area contributed by atoms with Crippen LogP contribution < -0.4 is 5.73 Å². The van der Waals surface area contributed by atoms with E-state index >= 15 is 0 Å². The van der Waals surface area contributed by atoms with Crippen LogP contribution in [0.1, 0.15) is 39.5 Å². The first-order chi connectivity index (χ1) is 7.62. The minimum Gasteiger partial charge on any atom is -0.394 e. The number of aliphatic hydroxyl groups excluding tert-OH is 1. The molecule has 0 saturated heterocycles. The molecule has 0 spiro atoms. The normalized spacial score (nSPS) is 15.0. The number of aliphatic hydroxyl groups is 1. The molecular weight excluding hydrogens is 206 g/mol. The van der Waals surface area contributed by atoms with E-state index in [2.05, 4.69) is 6.92 Å². The Balaban J connectivity index is 3.10. The molecule has 0 bridgehead atoms.